The number of fused-ring (bicyclic) bond motifs is 1. The Morgan fingerprint density at radius 3 is 1.73 bits per heavy atom. The molecule has 0 spiro atoms. The summed E-state index contributed by atoms with van der Waals surface area (Å²) in [4.78, 5) is 0. The van der Waals surface area contributed by atoms with Crippen LogP contribution in [0.15, 0.2) is 55.1 Å². The van der Waals surface area contributed by atoms with Gasteiger partial charge in [-0.2, -0.15) is 0 Å². The Hall–Kier alpha value is -1.56. The normalized spacial score (nSPS) is 11.1. The van der Waals surface area contributed by atoms with Crippen LogP contribution in [0.1, 0.15) is 89.0 Å². The standard InChI is InChI=1S/C26H38/c1-2-3-4-5-6-7-8-9-10-11-12-13-14-15-18-24-21-22-25-19-16-17-20-26(25)23-24/h2,16-17,19-23H,1,3-15,18H2. The van der Waals surface area contributed by atoms with Crippen molar-refractivity contribution in [3.63, 3.8) is 0 Å². The van der Waals surface area contributed by atoms with E-state index in [1.807, 2.05) is 6.08 Å². The van der Waals surface area contributed by atoms with Crippen LogP contribution in [0, 0.1) is 0 Å². The summed E-state index contributed by atoms with van der Waals surface area (Å²) in [6.07, 6.45) is 21.4. The molecule has 0 bridgehead atoms. The molecule has 0 fully saturated rings. The fourth-order valence-corrected chi connectivity index (χ4v) is 3.78. The zero-order valence-corrected chi connectivity index (χ0v) is 16.7. The van der Waals surface area contributed by atoms with Gasteiger partial charge in [-0.25, -0.2) is 0 Å². The predicted octanol–water partition coefficient (Wildman–Crippen LogP) is 8.64. The maximum Gasteiger partial charge on any atom is -0.0181 e. The van der Waals surface area contributed by atoms with Gasteiger partial charge in [-0.15, -0.1) is 6.58 Å². The molecule has 0 aliphatic rings. The van der Waals surface area contributed by atoms with Gasteiger partial charge in [-0.05, 0) is 42.0 Å². The average Bonchev–Trinajstić information content (AvgIpc) is 2.68. The first kappa shape index (κ1) is 20.7. The molecule has 0 heterocycles. The number of unbranched alkanes of at least 4 members (excludes halogenated alkanes) is 12. The fourth-order valence-electron chi connectivity index (χ4n) is 3.78. The second-order valence-corrected chi connectivity index (χ2v) is 7.75. The molecule has 0 saturated carbocycles. The van der Waals surface area contributed by atoms with Gasteiger partial charge < -0.3 is 0 Å². The molecule has 0 aliphatic heterocycles. The molecule has 0 radical (unpaired) electrons. The monoisotopic (exact) mass is 350 g/mol. The highest BCUT2D eigenvalue weighted by Crippen LogP contribution is 2.18. The summed E-state index contributed by atoms with van der Waals surface area (Å²) >= 11 is 0. The van der Waals surface area contributed by atoms with E-state index in [4.69, 9.17) is 0 Å². The van der Waals surface area contributed by atoms with Crippen LogP contribution < -0.4 is 0 Å². The van der Waals surface area contributed by atoms with Gasteiger partial charge in [0, 0.05) is 0 Å². The van der Waals surface area contributed by atoms with Crippen molar-refractivity contribution in [2.75, 3.05) is 0 Å². The van der Waals surface area contributed by atoms with Crippen LogP contribution in [0.4, 0.5) is 0 Å². The second kappa shape index (κ2) is 13.6. The molecule has 0 nitrogen and oxygen atoms in total. The molecule has 2 rings (SSSR count). The van der Waals surface area contributed by atoms with Crippen LogP contribution in [-0.4, -0.2) is 0 Å². The van der Waals surface area contributed by atoms with E-state index in [0.717, 1.165) is 0 Å². The van der Waals surface area contributed by atoms with Crippen LogP contribution in [-0.2, 0) is 6.42 Å². The third-order valence-electron chi connectivity index (χ3n) is 5.44. The van der Waals surface area contributed by atoms with Crippen molar-refractivity contribution in [2.24, 2.45) is 0 Å². The first-order chi connectivity index (χ1) is 12.9. The Morgan fingerprint density at radius 1 is 0.577 bits per heavy atom. The molecule has 0 saturated heterocycles. The molecule has 0 amide bonds. The Labute approximate surface area is 161 Å². The van der Waals surface area contributed by atoms with E-state index < -0.39 is 0 Å². The van der Waals surface area contributed by atoms with Gasteiger partial charge in [0.2, 0.25) is 0 Å². The molecule has 0 N–H and O–H groups in total. The van der Waals surface area contributed by atoms with Gasteiger partial charge in [0.05, 0.1) is 0 Å². The largest absolute Gasteiger partial charge is 0.103 e. The average molecular weight is 351 g/mol. The van der Waals surface area contributed by atoms with E-state index in [2.05, 4.69) is 49.0 Å². The quantitative estimate of drug-likeness (QED) is 0.223. The smallest absolute Gasteiger partial charge is 0.0181 e. The molecule has 0 aliphatic carbocycles. The van der Waals surface area contributed by atoms with Crippen LogP contribution in [0.25, 0.3) is 10.8 Å². The van der Waals surface area contributed by atoms with Crippen molar-refractivity contribution in [3.8, 4) is 0 Å². The molecule has 142 valence electrons. The van der Waals surface area contributed by atoms with Crippen molar-refractivity contribution in [1.82, 2.24) is 0 Å². The molecule has 0 atom stereocenters. The lowest BCUT2D eigenvalue weighted by atomic mass is 10.0. The third-order valence-corrected chi connectivity index (χ3v) is 5.44. The highest BCUT2D eigenvalue weighted by molar-refractivity contribution is 5.82. The molecular weight excluding hydrogens is 312 g/mol. The predicted molar refractivity (Wildman–Crippen MR) is 118 cm³/mol. The third kappa shape index (κ3) is 8.70. The van der Waals surface area contributed by atoms with E-state index in [0.29, 0.717) is 0 Å². The number of benzene rings is 2. The van der Waals surface area contributed by atoms with E-state index in [1.54, 1.807) is 0 Å². The van der Waals surface area contributed by atoms with Gasteiger partial charge in [0.1, 0.15) is 0 Å². The maximum absolute atomic E-state index is 3.78. The fraction of sp³-hybridized carbons (Fsp3) is 0.538. The summed E-state index contributed by atoms with van der Waals surface area (Å²) in [5.41, 5.74) is 1.50. The summed E-state index contributed by atoms with van der Waals surface area (Å²) in [6.45, 7) is 3.78. The topological polar surface area (TPSA) is 0 Å². The molecule has 0 heteroatoms. The lowest BCUT2D eigenvalue weighted by molar-refractivity contribution is 0.541. The first-order valence-corrected chi connectivity index (χ1v) is 11.0. The van der Waals surface area contributed by atoms with E-state index in [-0.39, 0.29) is 0 Å². The van der Waals surface area contributed by atoms with Crippen LogP contribution in [0.3, 0.4) is 0 Å². The Morgan fingerprint density at radius 2 is 1.12 bits per heavy atom. The van der Waals surface area contributed by atoms with Crippen molar-refractivity contribution in [1.29, 1.82) is 0 Å². The Balaban J connectivity index is 1.40. The minimum absolute atomic E-state index is 1.20. The summed E-state index contributed by atoms with van der Waals surface area (Å²) < 4.78 is 0. The van der Waals surface area contributed by atoms with Crippen molar-refractivity contribution in [3.05, 3.63) is 60.7 Å². The molecule has 26 heavy (non-hydrogen) atoms. The zero-order chi connectivity index (χ0) is 18.3. The van der Waals surface area contributed by atoms with E-state index >= 15 is 0 Å². The Kier molecular flexibility index (Phi) is 10.9. The lowest BCUT2D eigenvalue weighted by Gasteiger charge is -2.05. The summed E-state index contributed by atoms with van der Waals surface area (Å²) in [5.74, 6) is 0. The van der Waals surface area contributed by atoms with Gasteiger partial charge >= 0.3 is 0 Å². The second-order valence-electron chi connectivity index (χ2n) is 7.75. The number of aryl methyl sites for hydroxylation is 1. The van der Waals surface area contributed by atoms with E-state index in [1.165, 1.54) is 106 Å². The number of hydrogen-bond acceptors (Lipinski definition) is 0. The molecular formula is C26H38. The number of hydrogen-bond donors (Lipinski definition) is 0. The van der Waals surface area contributed by atoms with Gasteiger partial charge in [-0.1, -0.05) is 113 Å². The molecule has 2 aromatic carbocycles. The van der Waals surface area contributed by atoms with Crippen LogP contribution in [0.2, 0.25) is 0 Å². The van der Waals surface area contributed by atoms with Crippen LogP contribution >= 0.6 is 0 Å². The Bertz CT molecular complexity index is 610. The molecule has 0 aromatic heterocycles. The van der Waals surface area contributed by atoms with Crippen molar-refractivity contribution in [2.45, 2.75) is 89.9 Å². The molecule has 2 aromatic rings. The minimum atomic E-state index is 1.20. The molecule has 0 unspecified atom stereocenters. The van der Waals surface area contributed by atoms with Crippen molar-refractivity contribution >= 4 is 10.8 Å². The zero-order valence-electron chi connectivity index (χ0n) is 16.7. The van der Waals surface area contributed by atoms with Gasteiger partial charge in [0.25, 0.3) is 0 Å². The highest BCUT2D eigenvalue weighted by Gasteiger charge is 1.98. The van der Waals surface area contributed by atoms with Gasteiger partial charge in [0.15, 0.2) is 0 Å². The van der Waals surface area contributed by atoms with Crippen molar-refractivity contribution < 1.29 is 0 Å². The summed E-state index contributed by atoms with van der Waals surface area (Å²) in [6, 6.07) is 15.6. The maximum atomic E-state index is 3.78. The van der Waals surface area contributed by atoms with Gasteiger partial charge in [-0.3, -0.25) is 0 Å². The van der Waals surface area contributed by atoms with Crippen LogP contribution in [0.5, 0.6) is 0 Å². The van der Waals surface area contributed by atoms with E-state index in [9.17, 15) is 0 Å². The SMILES string of the molecule is C=CCCCCCCCCCCCCCCc1ccc2ccccc2c1. The lowest BCUT2D eigenvalue weighted by Crippen LogP contribution is -1.87. The first-order valence-electron chi connectivity index (χ1n) is 11.0. The number of allylic oxidation sites excluding steroid dienone is 1. The number of rotatable bonds is 15. The minimum Gasteiger partial charge on any atom is -0.103 e. The summed E-state index contributed by atoms with van der Waals surface area (Å²) in [5, 5.41) is 2.73. The highest BCUT2D eigenvalue weighted by atomic mass is 14.0. The summed E-state index contributed by atoms with van der Waals surface area (Å²) in [7, 11) is 0.